The maximum atomic E-state index is 9.10. The summed E-state index contributed by atoms with van der Waals surface area (Å²) in [7, 11) is 3.52. The molecule has 0 bridgehead atoms. The highest BCUT2D eigenvalue weighted by Gasteiger charge is 2.12. The number of benzene rings is 1. The minimum absolute atomic E-state index is 0.0696. The maximum Gasteiger partial charge on any atom is 0.229 e. The van der Waals surface area contributed by atoms with E-state index < -0.39 is 0 Å². The van der Waals surface area contributed by atoms with Gasteiger partial charge in [-0.15, -0.1) is 0 Å². The molecule has 1 fully saturated rings. The number of hydrogen-bond acceptors (Lipinski definition) is 8. The number of rotatable bonds is 11. The molecule has 8 heteroatoms. The van der Waals surface area contributed by atoms with Crippen molar-refractivity contribution in [2.24, 2.45) is 0 Å². The van der Waals surface area contributed by atoms with E-state index in [0.29, 0.717) is 30.6 Å². The van der Waals surface area contributed by atoms with Crippen LogP contribution in [0.5, 0.6) is 11.5 Å². The van der Waals surface area contributed by atoms with Gasteiger partial charge < -0.3 is 29.7 Å². The van der Waals surface area contributed by atoms with E-state index in [4.69, 9.17) is 14.6 Å². The highest BCUT2D eigenvalue weighted by molar-refractivity contribution is 5.60. The van der Waals surface area contributed by atoms with Gasteiger partial charge in [-0.1, -0.05) is 0 Å². The van der Waals surface area contributed by atoms with Gasteiger partial charge in [-0.25, -0.2) is 4.98 Å². The summed E-state index contributed by atoms with van der Waals surface area (Å²) in [6, 6.07) is 7.50. The predicted octanol–water partition coefficient (Wildman–Crippen LogP) is 2.52. The smallest absolute Gasteiger partial charge is 0.229 e. The van der Waals surface area contributed by atoms with Crippen LogP contribution in [-0.4, -0.2) is 73.5 Å². The second-order valence-electron chi connectivity index (χ2n) is 7.13. The zero-order chi connectivity index (χ0) is 20.5. The van der Waals surface area contributed by atoms with Crippen molar-refractivity contribution >= 4 is 17.5 Å². The lowest BCUT2D eigenvalue weighted by Gasteiger charge is -2.17. The third-order valence-electron chi connectivity index (χ3n) is 4.96. The minimum atomic E-state index is 0.0696. The van der Waals surface area contributed by atoms with Crippen LogP contribution in [0.3, 0.4) is 0 Å². The van der Waals surface area contributed by atoms with Gasteiger partial charge in [0.25, 0.3) is 0 Å². The molecule has 1 aliphatic heterocycles. The molecule has 1 aromatic heterocycles. The van der Waals surface area contributed by atoms with Crippen LogP contribution in [0.4, 0.5) is 17.5 Å². The summed E-state index contributed by atoms with van der Waals surface area (Å²) in [6.45, 7) is 4.70. The van der Waals surface area contributed by atoms with Crippen molar-refractivity contribution in [3.8, 4) is 11.5 Å². The average Bonchev–Trinajstić information content (AvgIpc) is 3.25. The number of ether oxygens (including phenoxy) is 2. The van der Waals surface area contributed by atoms with E-state index in [9.17, 15) is 0 Å². The Bertz CT molecular complexity index is 768. The number of nitrogens with zero attached hydrogens (tertiary/aromatic N) is 4. The highest BCUT2D eigenvalue weighted by Crippen LogP contribution is 2.31. The molecule has 8 nitrogen and oxygen atoms in total. The van der Waals surface area contributed by atoms with Gasteiger partial charge in [0.05, 0.1) is 20.3 Å². The molecule has 3 rings (SSSR count). The molecule has 0 spiro atoms. The Hall–Kier alpha value is -2.58. The molecule has 1 aliphatic rings. The van der Waals surface area contributed by atoms with Gasteiger partial charge in [-0.3, -0.25) is 0 Å². The van der Waals surface area contributed by atoms with Crippen molar-refractivity contribution in [3.63, 3.8) is 0 Å². The molecule has 29 heavy (non-hydrogen) atoms. The lowest BCUT2D eigenvalue weighted by Crippen LogP contribution is -2.22. The van der Waals surface area contributed by atoms with E-state index in [1.54, 1.807) is 13.3 Å². The number of hydrogen-bond donors (Lipinski definition) is 2. The number of likely N-dealkylation sites (tertiary alicyclic amines) is 1. The van der Waals surface area contributed by atoms with Crippen LogP contribution < -0.4 is 19.7 Å². The number of aliphatic hydroxyl groups excluding tert-OH is 1. The summed E-state index contributed by atoms with van der Waals surface area (Å²) in [5.74, 6) is 2.63. The quantitative estimate of drug-likeness (QED) is 0.556. The lowest BCUT2D eigenvalue weighted by molar-refractivity contribution is 0.254. The zero-order valence-corrected chi connectivity index (χ0v) is 17.3. The Kier molecular flexibility index (Phi) is 7.89. The summed E-state index contributed by atoms with van der Waals surface area (Å²) in [5, 5.41) is 12.3. The van der Waals surface area contributed by atoms with E-state index >= 15 is 0 Å². The molecule has 0 amide bonds. The molecule has 1 aromatic carbocycles. The van der Waals surface area contributed by atoms with Crippen LogP contribution in [0, 0.1) is 0 Å². The van der Waals surface area contributed by atoms with Crippen LogP contribution in [0.2, 0.25) is 0 Å². The molecule has 0 saturated carbocycles. The fourth-order valence-electron chi connectivity index (χ4n) is 3.36. The van der Waals surface area contributed by atoms with Crippen LogP contribution in [0.15, 0.2) is 30.5 Å². The number of likely N-dealkylation sites (N-methyl/N-ethyl adjacent to an activating group) is 1. The third-order valence-corrected chi connectivity index (χ3v) is 4.96. The first kappa shape index (κ1) is 21.1. The fourth-order valence-corrected chi connectivity index (χ4v) is 3.36. The first-order chi connectivity index (χ1) is 14.2. The number of nitrogens with one attached hydrogen (secondary N) is 1. The number of aromatic nitrogens is 2. The number of methoxy groups -OCH3 is 1. The molecule has 158 valence electrons. The summed E-state index contributed by atoms with van der Waals surface area (Å²) < 4.78 is 11.4. The predicted molar refractivity (Wildman–Crippen MR) is 114 cm³/mol. The Morgan fingerprint density at radius 1 is 1.21 bits per heavy atom. The van der Waals surface area contributed by atoms with Crippen molar-refractivity contribution < 1.29 is 14.6 Å². The maximum absolute atomic E-state index is 9.10. The lowest BCUT2D eigenvalue weighted by atomic mass is 10.2. The van der Waals surface area contributed by atoms with Crippen molar-refractivity contribution in [1.82, 2.24) is 14.9 Å². The van der Waals surface area contributed by atoms with Gasteiger partial charge in [-0.05, 0) is 50.6 Å². The van der Waals surface area contributed by atoms with E-state index in [2.05, 4.69) is 20.2 Å². The molecule has 0 aliphatic carbocycles. The summed E-state index contributed by atoms with van der Waals surface area (Å²) in [6.07, 6.45) is 5.30. The normalized spacial score (nSPS) is 14.0. The number of aliphatic hydroxyl groups is 1. The molecule has 2 aromatic rings. The molecule has 0 atom stereocenters. The molecule has 2 N–H and O–H groups in total. The van der Waals surface area contributed by atoms with E-state index in [1.165, 1.54) is 25.9 Å². The summed E-state index contributed by atoms with van der Waals surface area (Å²) in [5.41, 5.74) is 0.822. The molecular formula is C21H31N5O3. The van der Waals surface area contributed by atoms with E-state index in [0.717, 1.165) is 24.5 Å². The first-order valence-electron chi connectivity index (χ1n) is 10.1. The van der Waals surface area contributed by atoms with E-state index in [-0.39, 0.29) is 6.61 Å². The fraction of sp³-hybridized carbons (Fsp3) is 0.524. The van der Waals surface area contributed by atoms with Gasteiger partial charge in [0, 0.05) is 38.1 Å². The molecule has 0 unspecified atom stereocenters. The Morgan fingerprint density at radius 2 is 2.03 bits per heavy atom. The molecular weight excluding hydrogens is 370 g/mol. The summed E-state index contributed by atoms with van der Waals surface area (Å²) in [4.78, 5) is 13.1. The van der Waals surface area contributed by atoms with Gasteiger partial charge in [0.15, 0.2) is 11.5 Å². The number of anilines is 3. The van der Waals surface area contributed by atoms with Gasteiger partial charge in [0.2, 0.25) is 5.95 Å². The Labute approximate surface area is 172 Å². The second-order valence-corrected chi connectivity index (χ2v) is 7.13. The molecule has 0 radical (unpaired) electrons. The molecule has 2 heterocycles. The Morgan fingerprint density at radius 3 is 2.79 bits per heavy atom. The standard InChI is InChI=1S/C21H31N5O3/c1-25(13-14-27)20-8-9-22-21(24-20)23-17-6-7-18(28-2)19(16-17)29-15-5-12-26-10-3-4-11-26/h6-9,16,27H,3-5,10-15H2,1-2H3,(H,22,23,24). The molecule has 1 saturated heterocycles. The van der Waals surface area contributed by atoms with Gasteiger partial charge >= 0.3 is 0 Å². The topological polar surface area (TPSA) is 83.0 Å². The van der Waals surface area contributed by atoms with E-state index in [1.807, 2.05) is 36.2 Å². The van der Waals surface area contributed by atoms with Crippen molar-refractivity contribution in [3.05, 3.63) is 30.5 Å². The van der Waals surface area contributed by atoms with Crippen LogP contribution in [0.25, 0.3) is 0 Å². The van der Waals surface area contributed by atoms with Crippen molar-refractivity contribution in [1.29, 1.82) is 0 Å². The minimum Gasteiger partial charge on any atom is -0.493 e. The van der Waals surface area contributed by atoms with Crippen molar-refractivity contribution in [2.75, 3.05) is 63.8 Å². The largest absolute Gasteiger partial charge is 0.493 e. The van der Waals surface area contributed by atoms with Crippen molar-refractivity contribution in [2.45, 2.75) is 19.3 Å². The van der Waals surface area contributed by atoms with Crippen LogP contribution >= 0.6 is 0 Å². The first-order valence-corrected chi connectivity index (χ1v) is 10.1. The monoisotopic (exact) mass is 401 g/mol. The highest BCUT2D eigenvalue weighted by atomic mass is 16.5. The van der Waals surface area contributed by atoms with Crippen LogP contribution in [-0.2, 0) is 0 Å². The van der Waals surface area contributed by atoms with Crippen LogP contribution in [0.1, 0.15) is 19.3 Å². The second kappa shape index (κ2) is 10.8. The van der Waals surface area contributed by atoms with Gasteiger partial charge in [0.1, 0.15) is 5.82 Å². The zero-order valence-electron chi connectivity index (χ0n) is 17.3. The van der Waals surface area contributed by atoms with Gasteiger partial charge in [-0.2, -0.15) is 4.98 Å². The SMILES string of the molecule is COc1ccc(Nc2nccc(N(C)CCO)n2)cc1OCCCN1CCCC1. The third kappa shape index (κ3) is 6.20. The average molecular weight is 402 g/mol. The Balaban J connectivity index is 1.61. The summed E-state index contributed by atoms with van der Waals surface area (Å²) >= 11 is 0.